The number of para-hydroxylation sites is 1. The fourth-order valence-corrected chi connectivity index (χ4v) is 8.59. The maximum absolute atomic E-state index is 4.35. The van der Waals surface area contributed by atoms with Crippen molar-refractivity contribution in [1.29, 1.82) is 0 Å². The molecule has 9 rings (SSSR count). The van der Waals surface area contributed by atoms with Gasteiger partial charge in [0.2, 0.25) is 0 Å². The molecule has 6 aromatic carbocycles. The zero-order valence-electron chi connectivity index (χ0n) is 30.7. The van der Waals surface area contributed by atoms with Crippen LogP contribution in [-0.4, -0.2) is 4.98 Å². The first-order valence-electron chi connectivity index (χ1n) is 18.9. The second-order valence-electron chi connectivity index (χ2n) is 13.9. The topological polar surface area (TPSA) is 24.9 Å². The number of pyridine rings is 1. The summed E-state index contributed by atoms with van der Waals surface area (Å²) in [5.74, 6) is 0. The fourth-order valence-electron chi connectivity index (χ4n) is 8.59. The van der Waals surface area contributed by atoms with Gasteiger partial charge in [0.25, 0.3) is 0 Å². The number of aromatic nitrogens is 1. The molecule has 7 aromatic rings. The zero-order valence-corrected chi connectivity index (χ0v) is 30.7. The van der Waals surface area contributed by atoms with Gasteiger partial charge in [0.15, 0.2) is 0 Å². The van der Waals surface area contributed by atoms with Gasteiger partial charge in [-0.3, -0.25) is 4.98 Å². The Morgan fingerprint density at radius 3 is 2.18 bits per heavy atom. The van der Waals surface area contributed by atoms with Crippen LogP contribution in [0.3, 0.4) is 0 Å². The van der Waals surface area contributed by atoms with Crippen LogP contribution in [0.25, 0.3) is 44.7 Å². The van der Waals surface area contributed by atoms with Crippen LogP contribution < -0.4 is 5.32 Å². The largest absolute Gasteiger partial charge is 0.362 e. The first-order chi connectivity index (χ1) is 27.3. The van der Waals surface area contributed by atoms with Crippen LogP contribution in [0.1, 0.15) is 40.3 Å². The SMILES string of the molecule is C\C=C/C(=C\C=C\C(\C=C/C=C/Nc1ccccc1)=C\c1cccnc1)c1cccc2c1C1(c3ccccc3-2)c2ccccc2-c2c1ccc1ccccc21. The molecule has 0 radical (unpaired) electrons. The van der Waals surface area contributed by atoms with Gasteiger partial charge in [0.1, 0.15) is 0 Å². The second kappa shape index (κ2) is 14.8. The highest BCUT2D eigenvalue weighted by atomic mass is 14.8. The molecule has 2 aliphatic carbocycles. The van der Waals surface area contributed by atoms with Crippen LogP contribution in [-0.2, 0) is 5.41 Å². The van der Waals surface area contributed by atoms with Crippen LogP contribution in [0.2, 0.25) is 0 Å². The van der Waals surface area contributed by atoms with Crippen LogP contribution in [0.5, 0.6) is 0 Å². The third-order valence-electron chi connectivity index (χ3n) is 10.8. The van der Waals surface area contributed by atoms with Crippen molar-refractivity contribution < 1.29 is 0 Å². The maximum atomic E-state index is 4.35. The third kappa shape index (κ3) is 5.99. The van der Waals surface area contributed by atoms with E-state index in [0.29, 0.717) is 0 Å². The third-order valence-corrected chi connectivity index (χ3v) is 10.8. The van der Waals surface area contributed by atoms with E-state index in [9.17, 15) is 0 Å². The predicted molar refractivity (Wildman–Crippen MR) is 233 cm³/mol. The summed E-state index contributed by atoms with van der Waals surface area (Å²) in [5, 5.41) is 5.89. The number of fused-ring (bicyclic) bond motifs is 12. The second-order valence-corrected chi connectivity index (χ2v) is 13.9. The number of hydrogen-bond acceptors (Lipinski definition) is 2. The molecule has 2 nitrogen and oxygen atoms in total. The van der Waals surface area contributed by atoms with Gasteiger partial charge >= 0.3 is 0 Å². The van der Waals surface area contributed by atoms with Gasteiger partial charge in [-0.25, -0.2) is 0 Å². The highest BCUT2D eigenvalue weighted by molar-refractivity contribution is 6.07. The lowest BCUT2D eigenvalue weighted by molar-refractivity contribution is 0.792. The van der Waals surface area contributed by atoms with Crippen molar-refractivity contribution >= 4 is 28.1 Å². The summed E-state index contributed by atoms with van der Waals surface area (Å²) in [5.41, 5.74) is 15.7. The number of anilines is 1. The average Bonchev–Trinajstić information content (AvgIpc) is 3.71. The number of nitrogens with zero attached hydrogens (tertiary/aromatic N) is 1. The van der Waals surface area contributed by atoms with Crippen molar-refractivity contribution in [3.8, 4) is 22.3 Å². The minimum atomic E-state index is -0.461. The molecule has 2 aliphatic rings. The van der Waals surface area contributed by atoms with E-state index in [-0.39, 0.29) is 0 Å². The highest BCUT2D eigenvalue weighted by Crippen LogP contribution is 2.64. The Balaban J connectivity index is 1.18. The first-order valence-corrected chi connectivity index (χ1v) is 18.9. The lowest BCUT2D eigenvalue weighted by atomic mass is 9.68. The number of benzene rings is 6. The van der Waals surface area contributed by atoms with E-state index in [0.717, 1.165) is 22.4 Å². The smallest absolute Gasteiger partial charge is 0.0731 e. The Hall–Kier alpha value is -7.03. The number of nitrogens with one attached hydrogen (secondary N) is 1. The molecule has 0 aliphatic heterocycles. The van der Waals surface area contributed by atoms with Crippen LogP contribution in [0.4, 0.5) is 5.69 Å². The predicted octanol–water partition coefficient (Wildman–Crippen LogP) is 13.4. The Kier molecular flexibility index (Phi) is 9.07. The summed E-state index contributed by atoms with van der Waals surface area (Å²) in [6, 6.07) is 52.7. The number of hydrogen-bond donors (Lipinski definition) is 1. The molecule has 1 aromatic heterocycles. The Morgan fingerprint density at radius 2 is 1.35 bits per heavy atom. The molecular formula is C53H40N2. The van der Waals surface area contributed by atoms with Gasteiger partial charge < -0.3 is 5.32 Å². The Morgan fingerprint density at radius 1 is 0.600 bits per heavy atom. The maximum Gasteiger partial charge on any atom is 0.0731 e. The van der Waals surface area contributed by atoms with Gasteiger partial charge in [-0.2, -0.15) is 0 Å². The Labute approximate surface area is 323 Å². The van der Waals surface area contributed by atoms with Crippen LogP contribution in [0.15, 0.2) is 218 Å². The fraction of sp³-hybridized carbons (Fsp3) is 0.0377. The summed E-state index contributed by atoms with van der Waals surface area (Å²) in [6.07, 6.45) is 25.0. The molecule has 0 saturated carbocycles. The van der Waals surface area contributed by atoms with E-state index < -0.39 is 5.41 Å². The number of allylic oxidation sites excluding steroid dienone is 10. The van der Waals surface area contributed by atoms with Gasteiger partial charge in [-0.15, -0.1) is 0 Å². The minimum absolute atomic E-state index is 0.461. The lowest BCUT2D eigenvalue weighted by Crippen LogP contribution is -2.27. The molecule has 1 unspecified atom stereocenters. The van der Waals surface area contributed by atoms with E-state index in [1.165, 1.54) is 60.8 Å². The standard InChI is InChI=1S/C53H40N2/c1-2-17-40(22-14-19-38(36-39-20-16-34-54-37-39)18-12-13-35-55-42-23-4-3-5-24-42)44-28-15-29-46-45-26-8-10-30-48(45)53(52(44)46)49-31-11-9-27-47(49)51-43-25-7-6-21-41(43)32-33-50(51)53/h2-37,55H,1H3/b17-2-,18-12-,19-14+,35-13+,38-36+,40-22+. The van der Waals surface area contributed by atoms with Gasteiger partial charge in [-0.05, 0) is 115 Å². The van der Waals surface area contributed by atoms with Crippen molar-refractivity contribution in [1.82, 2.24) is 4.98 Å². The summed E-state index contributed by atoms with van der Waals surface area (Å²) >= 11 is 0. The molecule has 1 spiro atoms. The van der Waals surface area contributed by atoms with Crippen molar-refractivity contribution in [2.45, 2.75) is 12.3 Å². The molecule has 0 fully saturated rings. The van der Waals surface area contributed by atoms with E-state index in [1.807, 2.05) is 54.9 Å². The molecule has 0 bridgehead atoms. The summed E-state index contributed by atoms with van der Waals surface area (Å²) in [4.78, 5) is 4.35. The van der Waals surface area contributed by atoms with Crippen LogP contribution >= 0.6 is 0 Å². The number of rotatable bonds is 9. The summed E-state index contributed by atoms with van der Waals surface area (Å²) < 4.78 is 0. The minimum Gasteiger partial charge on any atom is -0.362 e. The molecule has 1 N–H and O–H groups in total. The molecule has 262 valence electrons. The van der Waals surface area contributed by atoms with Gasteiger partial charge in [0.05, 0.1) is 5.41 Å². The van der Waals surface area contributed by atoms with E-state index >= 15 is 0 Å². The average molecular weight is 705 g/mol. The monoisotopic (exact) mass is 704 g/mol. The van der Waals surface area contributed by atoms with Gasteiger partial charge in [-0.1, -0.05) is 170 Å². The zero-order chi connectivity index (χ0) is 37.0. The molecule has 0 saturated heterocycles. The van der Waals surface area contributed by atoms with Gasteiger partial charge in [0, 0.05) is 24.3 Å². The highest BCUT2D eigenvalue weighted by Gasteiger charge is 2.53. The molecule has 1 atom stereocenters. The van der Waals surface area contributed by atoms with Crippen molar-refractivity contribution in [2.24, 2.45) is 0 Å². The Bertz CT molecular complexity index is 2730. The summed E-state index contributed by atoms with van der Waals surface area (Å²) in [7, 11) is 0. The quantitative estimate of drug-likeness (QED) is 0.151. The van der Waals surface area contributed by atoms with Crippen molar-refractivity contribution in [2.75, 3.05) is 5.32 Å². The summed E-state index contributed by atoms with van der Waals surface area (Å²) in [6.45, 7) is 2.10. The molecule has 0 amide bonds. The van der Waals surface area contributed by atoms with E-state index in [1.54, 1.807) is 6.20 Å². The molecular weight excluding hydrogens is 665 g/mol. The van der Waals surface area contributed by atoms with Crippen molar-refractivity contribution in [3.63, 3.8) is 0 Å². The normalized spacial score (nSPS) is 16.1. The molecule has 55 heavy (non-hydrogen) atoms. The van der Waals surface area contributed by atoms with E-state index in [4.69, 9.17) is 0 Å². The molecule has 1 heterocycles. The van der Waals surface area contributed by atoms with Crippen molar-refractivity contribution in [3.05, 3.63) is 252 Å². The van der Waals surface area contributed by atoms with Crippen LogP contribution in [0, 0.1) is 0 Å². The first kappa shape index (κ1) is 33.8. The lowest BCUT2D eigenvalue weighted by Gasteiger charge is -2.32. The van der Waals surface area contributed by atoms with E-state index in [2.05, 4.69) is 175 Å². The molecule has 2 heteroatoms.